The molecule has 3 aromatic rings. The third-order valence-corrected chi connectivity index (χ3v) is 6.83. The summed E-state index contributed by atoms with van der Waals surface area (Å²) in [6.45, 7) is 1.99. The molecule has 3 N–H and O–H groups in total. The van der Waals surface area contributed by atoms with Crippen molar-refractivity contribution in [3.63, 3.8) is 0 Å². The van der Waals surface area contributed by atoms with Crippen molar-refractivity contribution in [1.29, 1.82) is 0 Å². The number of nitrogens with one attached hydrogen (secondary N) is 1. The molecular formula is C24H25ClF2N2O2. The lowest BCUT2D eigenvalue weighted by atomic mass is 9.64. The number of fused-ring (bicyclic) bond motifs is 1. The third kappa shape index (κ3) is 4.19. The first kappa shape index (κ1) is 21.8. The zero-order chi connectivity index (χ0) is 22.2. The van der Waals surface area contributed by atoms with Crippen molar-refractivity contribution < 1.29 is 13.5 Å². The van der Waals surface area contributed by atoms with Crippen molar-refractivity contribution >= 4 is 22.4 Å². The van der Waals surface area contributed by atoms with Gasteiger partial charge in [0.2, 0.25) is 0 Å². The van der Waals surface area contributed by atoms with E-state index in [1.54, 1.807) is 24.4 Å². The molecule has 4 nitrogen and oxygen atoms in total. The summed E-state index contributed by atoms with van der Waals surface area (Å²) in [6.07, 6.45) is 4.84. The van der Waals surface area contributed by atoms with Gasteiger partial charge in [0.05, 0.1) is 11.1 Å². The van der Waals surface area contributed by atoms with Crippen molar-refractivity contribution in [2.45, 2.75) is 56.6 Å². The fraction of sp³-hybridized carbons (Fsp3) is 0.375. The summed E-state index contributed by atoms with van der Waals surface area (Å²) in [4.78, 5) is 14.6. The molecule has 0 radical (unpaired) electrons. The summed E-state index contributed by atoms with van der Waals surface area (Å²) in [5.41, 5.74) is 6.38. The minimum atomic E-state index is -0.589. The van der Waals surface area contributed by atoms with Crippen LogP contribution in [0.25, 0.3) is 10.8 Å². The maximum atomic E-state index is 13.9. The Hall–Kier alpha value is -2.44. The number of nitrogens with two attached hydrogens (primary N) is 1. The number of ether oxygens (including phenoxy) is 1. The van der Waals surface area contributed by atoms with Crippen LogP contribution in [0, 0.1) is 11.6 Å². The van der Waals surface area contributed by atoms with Gasteiger partial charge in [-0.3, -0.25) is 4.79 Å². The summed E-state index contributed by atoms with van der Waals surface area (Å²) in [7, 11) is 0. The molecule has 0 amide bonds. The Labute approximate surface area is 184 Å². The van der Waals surface area contributed by atoms with Gasteiger partial charge < -0.3 is 15.5 Å². The molecule has 1 atom stereocenters. The molecule has 1 fully saturated rings. The molecule has 7 heteroatoms. The monoisotopic (exact) mass is 446 g/mol. The summed E-state index contributed by atoms with van der Waals surface area (Å²) in [5, 5.41) is 1.62. The van der Waals surface area contributed by atoms with E-state index >= 15 is 0 Å². The van der Waals surface area contributed by atoms with Crippen LogP contribution in [-0.2, 0) is 5.41 Å². The zero-order valence-electron chi connectivity index (χ0n) is 17.3. The molecule has 164 valence electrons. The highest BCUT2D eigenvalue weighted by molar-refractivity contribution is 6.32. The molecule has 1 aliphatic rings. The van der Waals surface area contributed by atoms with E-state index < -0.39 is 17.0 Å². The van der Waals surface area contributed by atoms with E-state index in [0.29, 0.717) is 53.8 Å². The number of benzene rings is 2. The number of hydrogen-bond acceptors (Lipinski definition) is 3. The number of H-pyrrole nitrogens is 1. The number of halogens is 3. The van der Waals surface area contributed by atoms with Crippen LogP contribution in [0.1, 0.15) is 44.6 Å². The Morgan fingerprint density at radius 2 is 1.87 bits per heavy atom. The van der Waals surface area contributed by atoms with Crippen LogP contribution in [0.4, 0.5) is 8.78 Å². The molecule has 1 unspecified atom stereocenters. The van der Waals surface area contributed by atoms with Crippen LogP contribution in [0.15, 0.2) is 47.4 Å². The first-order valence-electron chi connectivity index (χ1n) is 10.5. The van der Waals surface area contributed by atoms with E-state index in [1.807, 2.05) is 6.92 Å². The van der Waals surface area contributed by atoms with Crippen LogP contribution in [0.2, 0.25) is 5.02 Å². The normalized spacial score (nSPS) is 22.4. The van der Waals surface area contributed by atoms with Crippen molar-refractivity contribution in [2.75, 3.05) is 0 Å². The highest BCUT2D eigenvalue weighted by Gasteiger charge is 2.42. The van der Waals surface area contributed by atoms with Crippen LogP contribution < -0.4 is 16.0 Å². The molecule has 31 heavy (non-hydrogen) atoms. The summed E-state index contributed by atoms with van der Waals surface area (Å²) < 4.78 is 34.1. The van der Waals surface area contributed by atoms with Crippen LogP contribution in [0.3, 0.4) is 0 Å². The SMILES string of the molecule is CCC(N)C1(c2cc(F)cc(F)c2)CCC(Oc2cc3cc[nH]c(=O)c3cc2Cl)CC1. The topological polar surface area (TPSA) is 68.1 Å². The second-order valence-electron chi connectivity index (χ2n) is 8.32. The Morgan fingerprint density at radius 1 is 1.19 bits per heavy atom. The molecule has 1 aliphatic carbocycles. The van der Waals surface area contributed by atoms with Crippen molar-refractivity contribution in [3.05, 3.63) is 75.2 Å². The molecule has 0 aliphatic heterocycles. The van der Waals surface area contributed by atoms with Crippen molar-refractivity contribution in [2.24, 2.45) is 5.73 Å². The highest BCUT2D eigenvalue weighted by atomic mass is 35.5. The standard InChI is InChI=1S/C24H25ClF2N2O2/c1-2-22(28)24(15-10-16(26)12-17(27)11-15)6-3-18(4-7-24)31-21-9-14-5-8-29-23(30)19(14)13-20(21)25/h5,8-13,18,22H,2-4,6-7,28H2,1H3,(H,29,30). The minimum absolute atomic E-state index is 0.104. The first-order valence-corrected chi connectivity index (χ1v) is 10.9. The predicted molar refractivity (Wildman–Crippen MR) is 119 cm³/mol. The average Bonchev–Trinajstić information content (AvgIpc) is 2.74. The van der Waals surface area contributed by atoms with E-state index in [2.05, 4.69) is 4.98 Å². The molecule has 1 aromatic heterocycles. The quantitative estimate of drug-likeness (QED) is 0.547. The van der Waals surface area contributed by atoms with Gasteiger partial charge in [-0.15, -0.1) is 0 Å². The number of rotatable bonds is 5. The van der Waals surface area contributed by atoms with Crippen LogP contribution >= 0.6 is 11.6 Å². The Kier molecular flexibility index (Phi) is 6.04. The maximum absolute atomic E-state index is 13.9. The van der Waals surface area contributed by atoms with Crippen molar-refractivity contribution in [1.82, 2.24) is 4.98 Å². The largest absolute Gasteiger partial charge is 0.489 e. The van der Waals surface area contributed by atoms with Gasteiger partial charge >= 0.3 is 0 Å². The van der Waals surface area contributed by atoms with Gasteiger partial charge in [0.1, 0.15) is 17.4 Å². The Bertz CT molecular complexity index is 1140. The molecule has 1 saturated carbocycles. The van der Waals surface area contributed by atoms with Crippen molar-refractivity contribution in [3.8, 4) is 5.75 Å². The number of aromatic amines is 1. The van der Waals surface area contributed by atoms with E-state index in [9.17, 15) is 13.6 Å². The van der Waals surface area contributed by atoms with E-state index in [-0.39, 0.29) is 17.7 Å². The highest BCUT2D eigenvalue weighted by Crippen LogP contribution is 2.44. The van der Waals surface area contributed by atoms with Gasteiger partial charge in [0.25, 0.3) is 5.56 Å². The lowest BCUT2D eigenvalue weighted by Crippen LogP contribution is -2.49. The fourth-order valence-corrected chi connectivity index (χ4v) is 5.00. The summed E-state index contributed by atoms with van der Waals surface area (Å²) >= 11 is 6.37. The lowest BCUT2D eigenvalue weighted by molar-refractivity contribution is 0.103. The van der Waals surface area contributed by atoms with Crippen LogP contribution in [-0.4, -0.2) is 17.1 Å². The number of aromatic nitrogens is 1. The van der Waals surface area contributed by atoms with E-state index in [0.717, 1.165) is 11.5 Å². The number of pyridine rings is 1. The molecule has 0 saturated heterocycles. The van der Waals surface area contributed by atoms with Gasteiger partial charge in [0.15, 0.2) is 0 Å². The maximum Gasteiger partial charge on any atom is 0.255 e. The Balaban J connectivity index is 1.57. The molecule has 4 rings (SSSR count). The molecule has 1 heterocycles. The van der Waals surface area contributed by atoms with Crippen LogP contribution in [0.5, 0.6) is 5.75 Å². The van der Waals surface area contributed by atoms with E-state index in [4.69, 9.17) is 22.1 Å². The zero-order valence-corrected chi connectivity index (χ0v) is 18.0. The van der Waals surface area contributed by atoms with Gasteiger partial charge in [-0.05, 0) is 73.4 Å². The first-order chi connectivity index (χ1) is 14.8. The molecule has 0 spiro atoms. The van der Waals surface area contributed by atoms with Gasteiger partial charge in [0, 0.05) is 29.1 Å². The molecule has 0 bridgehead atoms. The molecular weight excluding hydrogens is 422 g/mol. The Morgan fingerprint density at radius 3 is 2.52 bits per heavy atom. The van der Waals surface area contributed by atoms with E-state index in [1.165, 1.54) is 12.1 Å². The lowest BCUT2D eigenvalue weighted by Gasteiger charge is -2.44. The summed E-state index contributed by atoms with van der Waals surface area (Å²) in [5.74, 6) is -0.656. The van der Waals surface area contributed by atoms with Gasteiger partial charge in [-0.25, -0.2) is 8.78 Å². The average molecular weight is 447 g/mol. The predicted octanol–water partition coefficient (Wildman–Crippen LogP) is 5.46. The minimum Gasteiger partial charge on any atom is -0.489 e. The van der Waals surface area contributed by atoms with Gasteiger partial charge in [-0.2, -0.15) is 0 Å². The third-order valence-electron chi connectivity index (χ3n) is 6.53. The van der Waals surface area contributed by atoms with Gasteiger partial charge in [-0.1, -0.05) is 18.5 Å². The number of hydrogen-bond donors (Lipinski definition) is 2. The smallest absolute Gasteiger partial charge is 0.255 e. The molecule has 2 aromatic carbocycles. The fourth-order valence-electron chi connectivity index (χ4n) is 4.79. The second-order valence-corrected chi connectivity index (χ2v) is 8.73. The second kappa shape index (κ2) is 8.60. The summed E-state index contributed by atoms with van der Waals surface area (Å²) in [6, 6.07) is 8.65.